The van der Waals surface area contributed by atoms with Crippen LogP contribution in [0.4, 0.5) is 4.79 Å². The van der Waals surface area contributed by atoms with Crippen molar-refractivity contribution in [3.63, 3.8) is 0 Å². The second-order valence-electron chi connectivity index (χ2n) is 14.5. The minimum Gasteiger partial charge on any atom is -0.493 e. The molecule has 0 radical (unpaired) electrons. The molecule has 1 saturated carbocycles. The number of aryl methyl sites for hydroxylation is 1. The van der Waals surface area contributed by atoms with Gasteiger partial charge in [-0.1, -0.05) is 13.0 Å². The fourth-order valence-corrected chi connectivity index (χ4v) is 6.50. The highest BCUT2D eigenvalue weighted by Gasteiger charge is 2.44. The topological polar surface area (TPSA) is 97.9 Å². The Labute approximate surface area is 276 Å². The maximum Gasteiger partial charge on any atom is 0.410 e. The molecule has 10 heteroatoms. The molecule has 1 aromatic rings. The first kappa shape index (κ1) is 36.0. The Morgan fingerprint density at radius 1 is 1.04 bits per heavy atom. The van der Waals surface area contributed by atoms with Gasteiger partial charge < -0.3 is 33.6 Å². The predicted molar refractivity (Wildman–Crippen MR) is 177 cm³/mol. The lowest BCUT2D eigenvalue weighted by Crippen LogP contribution is -2.47. The Kier molecular flexibility index (Phi) is 12.8. The number of carbonyl (C=O) groups excluding carboxylic acids is 3. The third kappa shape index (κ3) is 9.83. The molecule has 0 aromatic heterocycles. The normalized spacial score (nSPS) is 21.7. The van der Waals surface area contributed by atoms with E-state index < -0.39 is 5.60 Å². The van der Waals surface area contributed by atoms with Gasteiger partial charge in [0.15, 0.2) is 0 Å². The maximum absolute atomic E-state index is 14.1. The van der Waals surface area contributed by atoms with E-state index >= 15 is 0 Å². The number of hydrogen-bond acceptors (Lipinski definition) is 7. The zero-order chi connectivity index (χ0) is 33.4. The molecule has 0 spiro atoms. The van der Waals surface area contributed by atoms with Crippen molar-refractivity contribution >= 4 is 17.9 Å². The summed E-state index contributed by atoms with van der Waals surface area (Å²) in [5, 5.41) is 0. The van der Waals surface area contributed by atoms with Gasteiger partial charge in [0, 0.05) is 82.4 Å². The standard InChI is InChI=1S/C36H57N3O7/c1-8-26-12-13-27(19-32(26)45-18-10-16-43-7)33(40)38(25(2)3)22-29-20-37(35(42)46-36(4,5)6)21-30(29)23-39(31-14-15-31)34(41)28-11-9-17-44-24-28/h12-13,19,25,28-31H,8-11,14-18,20-24H2,1-7H3/t28-,29+,30+/m1/s1. The lowest BCUT2D eigenvalue weighted by Gasteiger charge is -2.35. The average Bonchev–Trinajstić information content (AvgIpc) is 3.79. The molecule has 258 valence electrons. The fraction of sp³-hybridized carbons (Fsp3) is 0.750. The molecule has 2 heterocycles. The van der Waals surface area contributed by atoms with Crippen molar-refractivity contribution < 1.29 is 33.3 Å². The van der Waals surface area contributed by atoms with E-state index in [0.717, 1.165) is 49.8 Å². The number of methoxy groups -OCH3 is 1. The number of hydrogen-bond donors (Lipinski definition) is 0. The van der Waals surface area contributed by atoms with Crippen LogP contribution in [0.25, 0.3) is 0 Å². The largest absolute Gasteiger partial charge is 0.493 e. The Morgan fingerprint density at radius 3 is 2.35 bits per heavy atom. The molecule has 10 nitrogen and oxygen atoms in total. The molecule has 0 unspecified atom stereocenters. The van der Waals surface area contributed by atoms with Crippen LogP contribution in [0.5, 0.6) is 5.75 Å². The minimum atomic E-state index is -0.615. The van der Waals surface area contributed by atoms with E-state index in [0.29, 0.717) is 58.2 Å². The SMILES string of the molecule is CCc1ccc(C(=O)N(C[C@@H]2CN(C(=O)OC(C)(C)C)C[C@H]2CN(C(=O)[C@@H]2CCCOC2)C2CC2)C(C)C)cc1OCCCOC. The third-order valence-corrected chi connectivity index (χ3v) is 9.20. The predicted octanol–water partition coefficient (Wildman–Crippen LogP) is 5.42. The summed E-state index contributed by atoms with van der Waals surface area (Å²) < 4.78 is 22.7. The van der Waals surface area contributed by atoms with Gasteiger partial charge in [-0.15, -0.1) is 0 Å². The summed E-state index contributed by atoms with van der Waals surface area (Å²) in [6.45, 7) is 16.0. The maximum atomic E-state index is 14.1. The smallest absolute Gasteiger partial charge is 0.410 e. The van der Waals surface area contributed by atoms with Gasteiger partial charge in [0.25, 0.3) is 5.91 Å². The summed E-state index contributed by atoms with van der Waals surface area (Å²) in [4.78, 5) is 46.9. The number of likely N-dealkylation sites (tertiary alicyclic amines) is 1. The van der Waals surface area contributed by atoms with Gasteiger partial charge in [0.2, 0.25) is 5.91 Å². The van der Waals surface area contributed by atoms with Crippen LogP contribution >= 0.6 is 0 Å². The molecule has 46 heavy (non-hydrogen) atoms. The highest BCUT2D eigenvalue weighted by Crippen LogP contribution is 2.35. The molecule has 3 fully saturated rings. The lowest BCUT2D eigenvalue weighted by atomic mass is 9.92. The summed E-state index contributed by atoms with van der Waals surface area (Å²) in [5.74, 6) is 0.717. The van der Waals surface area contributed by atoms with Gasteiger partial charge in [0.1, 0.15) is 11.4 Å². The average molecular weight is 644 g/mol. The van der Waals surface area contributed by atoms with Gasteiger partial charge >= 0.3 is 6.09 Å². The molecule has 1 aliphatic carbocycles. The summed E-state index contributed by atoms with van der Waals surface area (Å²) in [7, 11) is 1.67. The van der Waals surface area contributed by atoms with Crippen molar-refractivity contribution in [2.75, 3.05) is 59.7 Å². The molecule has 3 aliphatic rings. The Balaban J connectivity index is 1.55. The molecule has 3 atom stereocenters. The third-order valence-electron chi connectivity index (χ3n) is 9.20. The molecular weight excluding hydrogens is 586 g/mol. The zero-order valence-corrected chi connectivity index (χ0v) is 29.2. The summed E-state index contributed by atoms with van der Waals surface area (Å²) in [6.07, 6.45) is 4.98. The second-order valence-corrected chi connectivity index (χ2v) is 14.5. The van der Waals surface area contributed by atoms with Gasteiger partial charge in [-0.3, -0.25) is 9.59 Å². The monoisotopic (exact) mass is 643 g/mol. The van der Waals surface area contributed by atoms with E-state index in [1.807, 2.05) is 57.7 Å². The number of benzene rings is 1. The molecule has 4 rings (SSSR count). The van der Waals surface area contributed by atoms with Crippen molar-refractivity contribution in [1.29, 1.82) is 0 Å². The van der Waals surface area contributed by atoms with Gasteiger partial charge in [0.05, 0.1) is 19.1 Å². The molecule has 1 aromatic carbocycles. The lowest BCUT2D eigenvalue weighted by molar-refractivity contribution is -0.141. The van der Waals surface area contributed by atoms with E-state index in [9.17, 15) is 14.4 Å². The molecule has 0 bridgehead atoms. The van der Waals surface area contributed by atoms with Crippen molar-refractivity contribution in [1.82, 2.24) is 14.7 Å². The molecular formula is C36H57N3O7. The Morgan fingerprint density at radius 2 is 1.76 bits per heavy atom. The van der Waals surface area contributed by atoms with E-state index in [-0.39, 0.29) is 47.7 Å². The Hall–Kier alpha value is -2.85. The second kappa shape index (κ2) is 16.3. The Bertz CT molecular complexity index is 1170. The van der Waals surface area contributed by atoms with Crippen LogP contribution in [0.3, 0.4) is 0 Å². The van der Waals surface area contributed by atoms with Crippen LogP contribution in [0.15, 0.2) is 18.2 Å². The molecule has 2 saturated heterocycles. The summed E-state index contributed by atoms with van der Waals surface area (Å²) in [6, 6.07) is 5.90. The van der Waals surface area contributed by atoms with Crippen LogP contribution in [-0.2, 0) is 25.4 Å². The van der Waals surface area contributed by atoms with Crippen LogP contribution in [0, 0.1) is 17.8 Å². The van der Waals surface area contributed by atoms with Gasteiger partial charge in [-0.2, -0.15) is 0 Å². The van der Waals surface area contributed by atoms with Crippen molar-refractivity contribution in [2.24, 2.45) is 17.8 Å². The number of carbonyl (C=O) groups is 3. The molecule has 0 N–H and O–H groups in total. The first-order valence-corrected chi connectivity index (χ1v) is 17.3. The van der Waals surface area contributed by atoms with Crippen molar-refractivity contribution in [3.05, 3.63) is 29.3 Å². The minimum absolute atomic E-state index is 0.0118. The van der Waals surface area contributed by atoms with E-state index in [2.05, 4.69) is 11.8 Å². The van der Waals surface area contributed by atoms with Gasteiger partial charge in [-0.25, -0.2) is 4.79 Å². The first-order valence-electron chi connectivity index (χ1n) is 17.3. The number of amides is 3. The van der Waals surface area contributed by atoms with Crippen molar-refractivity contribution in [2.45, 2.75) is 97.8 Å². The van der Waals surface area contributed by atoms with E-state index in [1.165, 1.54) is 0 Å². The fourth-order valence-electron chi connectivity index (χ4n) is 6.50. The first-order chi connectivity index (χ1) is 21.9. The van der Waals surface area contributed by atoms with Crippen LogP contribution in [0.2, 0.25) is 0 Å². The van der Waals surface area contributed by atoms with Crippen LogP contribution < -0.4 is 4.74 Å². The van der Waals surface area contributed by atoms with Gasteiger partial charge in [-0.05, 0) is 84.4 Å². The summed E-state index contributed by atoms with van der Waals surface area (Å²) in [5.41, 5.74) is 1.02. The highest BCUT2D eigenvalue weighted by molar-refractivity contribution is 5.95. The van der Waals surface area contributed by atoms with Crippen molar-refractivity contribution in [3.8, 4) is 5.75 Å². The molecule has 2 aliphatic heterocycles. The number of ether oxygens (including phenoxy) is 4. The number of rotatable bonds is 14. The number of nitrogens with zero attached hydrogens (tertiary/aromatic N) is 3. The van der Waals surface area contributed by atoms with Crippen LogP contribution in [-0.4, -0.2) is 110 Å². The quantitative estimate of drug-likeness (QED) is 0.250. The molecule has 3 amide bonds. The summed E-state index contributed by atoms with van der Waals surface area (Å²) >= 11 is 0. The highest BCUT2D eigenvalue weighted by atomic mass is 16.6. The van der Waals surface area contributed by atoms with E-state index in [4.69, 9.17) is 18.9 Å². The van der Waals surface area contributed by atoms with E-state index in [1.54, 1.807) is 12.0 Å². The zero-order valence-electron chi connectivity index (χ0n) is 29.2. The van der Waals surface area contributed by atoms with Crippen LogP contribution in [0.1, 0.15) is 89.6 Å².